The lowest BCUT2D eigenvalue weighted by Gasteiger charge is -2.38. The van der Waals surface area contributed by atoms with E-state index in [9.17, 15) is 19.5 Å². The number of carbonyl (C=O) groups excluding carboxylic acids is 3. The number of aliphatic hydroxyl groups excluding tert-OH is 1. The van der Waals surface area contributed by atoms with Crippen LogP contribution in [0.2, 0.25) is 0 Å². The number of likely N-dealkylation sites (tertiary alicyclic amines) is 1. The first-order valence-corrected chi connectivity index (χ1v) is 12.1. The fraction of sp³-hybridized carbons (Fsp3) is 0.640. The number of amides is 3. The van der Waals surface area contributed by atoms with Gasteiger partial charge in [0.25, 0.3) is 0 Å². The van der Waals surface area contributed by atoms with Crippen LogP contribution in [0.15, 0.2) is 24.3 Å². The standard InChI is InChI=1S/C25H35N3O6/c1-5-12-26-22(30)19-18-10-11-25(34-18)20(19)24(32)28(17(13-29)14(2)3)21(25)23(31)27-15-6-8-16(33-4)9-7-15/h6-9,14,17-21,29H,5,10-13H2,1-4H3,(H,26,30)(H,27,31)/t17-,18+,19-,20-,21?,25?/m0/s1. The summed E-state index contributed by atoms with van der Waals surface area (Å²) in [4.78, 5) is 42.2. The Morgan fingerprint density at radius 1 is 1.26 bits per heavy atom. The molecule has 3 heterocycles. The molecule has 1 aromatic rings. The molecule has 1 spiro atoms. The minimum Gasteiger partial charge on any atom is -0.497 e. The summed E-state index contributed by atoms with van der Waals surface area (Å²) in [5.74, 6) is -1.69. The number of anilines is 1. The smallest absolute Gasteiger partial charge is 0.250 e. The predicted octanol–water partition coefficient (Wildman–Crippen LogP) is 1.55. The first-order valence-electron chi connectivity index (χ1n) is 12.1. The van der Waals surface area contributed by atoms with Crippen LogP contribution in [0.3, 0.4) is 0 Å². The zero-order chi connectivity index (χ0) is 24.6. The Bertz CT molecular complexity index is 935. The van der Waals surface area contributed by atoms with Crippen LogP contribution in [0, 0.1) is 17.8 Å². The molecular formula is C25H35N3O6. The fourth-order valence-electron chi connectivity index (χ4n) is 5.92. The minimum absolute atomic E-state index is 0.0926. The molecule has 4 rings (SSSR count). The van der Waals surface area contributed by atoms with Crippen LogP contribution in [0.25, 0.3) is 0 Å². The predicted molar refractivity (Wildman–Crippen MR) is 125 cm³/mol. The zero-order valence-corrected chi connectivity index (χ0v) is 20.2. The summed E-state index contributed by atoms with van der Waals surface area (Å²) in [6.07, 6.45) is 1.52. The largest absolute Gasteiger partial charge is 0.497 e. The molecule has 186 valence electrons. The van der Waals surface area contributed by atoms with E-state index >= 15 is 0 Å². The second-order valence-electron chi connectivity index (χ2n) is 9.80. The number of nitrogens with one attached hydrogen (secondary N) is 2. The van der Waals surface area contributed by atoms with Crippen molar-refractivity contribution >= 4 is 23.4 Å². The average molecular weight is 474 g/mol. The van der Waals surface area contributed by atoms with Crippen molar-refractivity contribution < 1.29 is 29.0 Å². The Labute approximate surface area is 200 Å². The summed E-state index contributed by atoms with van der Waals surface area (Å²) in [5.41, 5.74) is -0.526. The fourth-order valence-corrected chi connectivity index (χ4v) is 5.92. The summed E-state index contributed by atoms with van der Waals surface area (Å²) < 4.78 is 11.6. The number of nitrogens with zero attached hydrogens (tertiary/aromatic N) is 1. The monoisotopic (exact) mass is 473 g/mol. The SMILES string of the molecule is CCCNC(=O)[C@@H]1[C@H]2C(=O)N([C@@H](CO)C(C)C)C(C(=O)Nc3ccc(OC)cc3)C23CC[C@H]1O3. The van der Waals surface area contributed by atoms with Gasteiger partial charge in [-0.3, -0.25) is 14.4 Å². The van der Waals surface area contributed by atoms with Gasteiger partial charge in [0.1, 0.15) is 17.4 Å². The molecule has 0 aliphatic carbocycles. The molecular weight excluding hydrogens is 438 g/mol. The number of benzene rings is 1. The molecule has 3 amide bonds. The van der Waals surface area contributed by atoms with E-state index in [0.29, 0.717) is 30.8 Å². The van der Waals surface area contributed by atoms with E-state index in [1.165, 1.54) is 4.90 Å². The van der Waals surface area contributed by atoms with Gasteiger partial charge in [-0.2, -0.15) is 0 Å². The topological polar surface area (TPSA) is 117 Å². The van der Waals surface area contributed by atoms with Crippen LogP contribution in [-0.2, 0) is 19.1 Å². The third-order valence-electron chi connectivity index (χ3n) is 7.51. The highest BCUT2D eigenvalue weighted by atomic mass is 16.5. The third kappa shape index (κ3) is 3.84. The van der Waals surface area contributed by atoms with Crippen LogP contribution in [0.1, 0.15) is 40.0 Å². The van der Waals surface area contributed by atoms with Crippen molar-refractivity contribution in [1.82, 2.24) is 10.2 Å². The van der Waals surface area contributed by atoms with Gasteiger partial charge in [0.2, 0.25) is 17.7 Å². The van der Waals surface area contributed by atoms with Gasteiger partial charge in [-0.15, -0.1) is 0 Å². The van der Waals surface area contributed by atoms with E-state index < -0.39 is 35.6 Å². The highest BCUT2D eigenvalue weighted by Crippen LogP contribution is 2.59. The van der Waals surface area contributed by atoms with Crippen LogP contribution in [0.5, 0.6) is 5.75 Å². The number of methoxy groups -OCH3 is 1. The molecule has 0 saturated carbocycles. The molecule has 3 aliphatic heterocycles. The summed E-state index contributed by atoms with van der Waals surface area (Å²) in [6, 6.07) is 5.43. The number of rotatable bonds is 9. The van der Waals surface area contributed by atoms with E-state index in [4.69, 9.17) is 9.47 Å². The number of aliphatic hydroxyl groups is 1. The van der Waals surface area contributed by atoms with Crippen LogP contribution in [0.4, 0.5) is 5.69 Å². The van der Waals surface area contributed by atoms with Crippen molar-refractivity contribution in [2.75, 3.05) is 25.6 Å². The number of fused-ring (bicyclic) bond motifs is 1. The maximum absolute atomic E-state index is 13.9. The normalized spacial score (nSPS) is 30.4. The highest BCUT2D eigenvalue weighted by molar-refractivity contribution is 6.03. The van der Waals surface area contributed by atoms with Gasteiger partial charge >= 0.3 is 0 Å². The van der Waals surface area contributed by atoms with Crippen molar-refractivity contribution in [3.63, 3.8) is 0 Å². The van der Waals surface area contributed by atoms with Gasteiger partial charge in [-0.1, -0.05) is 20.8 Å². The quantitative estimate of drug-likeness (QED) is 0.501. The molecule has 0 aromatic heterocycles. The van der Waals surface area contributed by atoms with Crippen LogP contribution >= 0.6 is 0 Å². The maximum atomic E-state index is 13.9. The molecule has 3 N–H and O–H groups in total. The van der Waals surface area contributed by atoms with Gasteiger partial charge in [0.05, 0.1) is 37.7 Å². The van der Waals surface area contributed by atoms with E-state index in [0.717, 1.165) is 6.42 Å². The van der Waals surface area contributed by atoms with Gasteiger partial charge in [-0.25, -0.2) is 0 Å². The number of hydrogen-bond acceptors (Lipinski definition) is 6. The summed E-state index contributed by atoms with van der Waals surface area (Å²) in [6.45, 7) is 6.01. The molecule has 0 radical (unpaired) electrons. The van der Waals surface area contributed by atoms with Crippen molar-refractivity contribution in [3.05, 3.63) is 24.3 Å². The summed E-state index contributed by atoms with van der Waals surface area (Å²) in [5, 5.41) is 16.0. The van der Waals surface area contributed by atoms with Gasteiger partial charge in [-0.05, 0) is 49.4 Å². The van der Waals surface area contributed by atoms with Gasteiger partial charge in [0, 0.05) is 12.2 Å². The minimum atomic E-state index is -1.09. The van der Waals surface area contributed by atoms with Crippen molar-refractivity contribution in [2.24, 2.45) is 17.8 Å². The molecule has 2 unspecified atom stereocenters. The molecule has 3 saturated heterocycles. The van der Waals surface area contributed by atoms with Gasteiger partial charge in [0.15, 0.2) is 0 Å². The molecule has 9 heteroatoms. The molecule has 3 fully saturated rings. The molecule has 1 aromatic carbocycles. The molecule has 34 heavy (non-hydrogen) atoms. The van der Waals surface area contributed by atoms with Crippen molar-refractivity contribution in [1.29, 1.82) is 0 Å². The van der Waals surface area contributed by atoms with Crippen molar-refractivity contribution in [2.45, 2.75) is 63.8 Å². The van der Waals surface area contributed by atoms with Crippen molar-refractivity contribution in [3.8, 4) is 5.75 Å². The molecule has 2 bridgehead atoms. The molecule has 9 nitrogen and oxygen atoms in total. The lowest BCUT2D eigenvalue weighted by atomic mass is 9.70. The van der Waals surface area contributed by atoms with E-state index in [1.54, 1.807) is 31.4 Å². The van der Waals surface area contributed by atoms with E-state index in [2.05, 4.69) is 10.6 Å². The second kappa shape index (κ2) is 9.54. The Kier molecular flexibility index (Phi) is 6.87. The highest BCUT2D eigenvalue weighted by Gasteiger charge is 2.75. The number of carbonyl (C=O) groups is 3. The zero-order valence-electron chi connectivity index (χ0n) is 20.2. The van der Waals surface area contributed by atoms with E-state index in [1.807, 2.05) is 20.8 Å². The number of hydrogen-bond donors (Lipinski definition) is 3. The molecule has 6 atom stereocenters. The lowest BCUT2D eigenvalue weighted by Crippen LogP contribution is -2.57. The van der Waals surface area contributed by atoms with E-state index in [-0.39, 0.29) is 30.2 Å². The van der Waals surface area contributed by atoms with Crippen LogP contribution < -0.4 is 15.4 Å². The number of ether oxygens (including phenoxy) is 2. The Hall–Kier alpha value is -2.65. The third-order valence-corrected chi connectivity index (χ3v) is 7.51. The summed E-state index contributed by atoms with van der Waals surface area (Å²) >= 11 is 0. The molecule has 3 aliphatic rings. The maximum Gasteiger partial charge on any atom is 0.250 e. The Morgan fingerprint density at radius 2 is 1.97 bits per heavy atom. The lowest BCUT2D eigenvalue weighted by molar-refractivity contribution is -0.145. The van der Waals surface area contributed by atoms with Gasteiger partial charge < -0.3 is 30.1 Å². The second-order valence-corrected chi connectivity index (χ2v) is 9.80. The average Bonchev–Trinajstić information content (AvgIpc) is 3.46. The first-order chi connectivity index (χ1) is 16.3. The Morgan fingerprint density at radius 3 is 2.56 bits per heavy atom. The van der Waals surface area contributed by atoms with Crippen LogP contribution in [-0.4, -0.2) is 71.8 Å². The Balaban J connectivity index is 1.70. The summed E-state index contributed by atoms with van der Waals surface area (Å²) in [7, 11) is 1.57. The first kappa shape index (κ1) is 24.5.